The summed E-state index contributed by atoms with van der Waals surface area (Å²) in [5.41, 5.74) is 2.16. The van der Waals surface area contributed by atoms with Gasteiger partial charge in [0.05, 0.1) is 0 Å². The van der Waals surface area contributed by atoms with Gasteiger partial charge in [0.25, 0.3) is 0 Å². The Bertz CT molecular complexity index is 228. The van der Waals surface area contributed by atoms with Gasteiger partial charge in [-0.1, -0.05) is 20.3 Å². The third kappa shape index (κ3) is 6.29. The van der Waals surface area contributed by atoms with E-state index in [1.54, 1.807) is 0 Å². The van der Waals surface area contributed by atoms with Crippen LogP contribution >= 0.6 is 11.8 Å². The van der Waals surface area contributed by atoms with Crippen molar-refractivity contribution in [3.63, 3.8) is 0 Å². The lowest BCUT2D eigenvalue weighted by Gasteiger charge is -2.34. The largest absolute Gasteiger partial charge is 0.301 e. The normalized spacial score (nSPS) is 25.8. The number of carbonyl (C=O) groups is 1. The zero-order valence-corrected chi connectivity index (χ0v) is 11.8. The van der Waals surface area contributed by atoms with E-state index in [0.717, 1.165) is 23.3 Å². The number of thioether (sulfide) groups is 1. The fourth-order valence-corrected chi connectivity index (χ4v) is 3.72. The maximum absolute atomic E-state index is 10.9. The molecule has 2 atom stereocenters. The first-order chi connectivity index (χ1) is 8.11. The van der Waals surface area contributed by atoms with Crippen molar-refractivity contribution in [2.45, 2.75) is 50.0 Å². The zero-order valence-electron chi connectivity index (χ0n) is 10.9. The topological polar surface area (TPSA) is 58.4 Å². The lowest BCUT2D eigenvalue weighted by Crippen LogP contribution is -2.40. The van der Waals surface area contributed by atoms with Crippen molar-refractivity contribution in [1.82, 2.24) is 10.3 Å². The van der Waals surface area contributed by atoms with Crippen molar-refractivity contribution in [2.75, 3.05) is 19.6 Å². The smallest absolute Gasteiger partial charge is 0.233 e. The molecule has 100 valence electrons. The van der Waals surface area contributed by atoms with E-state index in [1.807, 2.05) is 0 Å². The summed E-state index contributed by atoms with van der Waals surface area (Å²) in [7, 11) is 0. The molecule has 0 spiro atoms. The van der Waals surface area contributed by atoms with Crippen LogP contribution in [0.5, 0.6) is 0 Å². The third-order valence-corrected chi connectivity index (χ3v) is 4.26. The maximum Gasteiger partial charge on any atom is 0.233 e. The minimum absolute atomic E-state index is 0.0541. The Morgan fingerprint density at radius 2 is 1.94 bits per heavy atom. The number of nitrogens with two attached hydrogens (primary N) is 1. The molecule has 0 aromatic rings. The van der Waals surface area contributed by atoms with Gasteiger partial charge in [-0.2, -0.15) is 11.8 Å². The van der Waals surface area contributed by atoms with Gasteiger partial charge in [-0.3, -0.25) is 10.2 Å². The van der Waals surface area contributed by atoms with Gasteiger partial charge in [-0.15, -0.1) is 0 Å². The minimum Gasteiger partial charge on any atom is -0.301 e. The Balaban J connectivity index is 2.04. The number of hydrogen-bond acceptors (Lipinski definition) is 4. The molecule has 0 aliphatic carbocycles. The summed E-state index contributed by atoms with van der Waals surface area (Å²) in [5, 5.41) is 1.50. The van der Waals surface area contributed by atoms with Crippen LogP contribution in [0, 0.1) is 0 Å². The summed E-state index contributed by atoms with van der Waals surface area (Å²) < 4.78 is 0. The first-order valence-corrected chi connectivity index (χ1v) is 7.43. The summed E-state index contributed by atoms with van der Waals surface area (Å²) >= 11 is 2.09. The van der Waals surface area contributed by atoms with E-state index in [-0.39, 0.29) is 5.91 Å². The van der Waals surface area contributed by atoms with Gasteiger partial charge in [0.15, 0.2) is 0 Å². The molecule has 1 fully saturated rings. The van der Waals surface area contributed by atoms with Crippen molar-refractivity contribution in [3.8, 4) is 0 Å². The highest BCUT2D eigenvalue weighted by Crippen LogP contribution is 2.24. The lowest BCUT2D eigenvalue weighted by atomic mass is 10.1. The molecule has 0 radical (unpaired) electrons. The molecule has 4 nitrogen and oxygen atoms in total. The Morgan fingerprint density at radius 3 is 2.53 bits per heavy atom. The second kappa shape index (κ2) is 7.95. The minimum atomic E-state index is -0.0541. The quantitative estimate of drug-likeness (QED) is 0.327. The summed E-state index contributed by atoms with van der Waals surface area (Å²) in [6.45, 7) is 8.19. The summed E-state index contributed by atoms with van der Waals surface area (Å²) in [5.74, 6) is 4.97. The molecule has 1 rings (SSSR count). The molecule has 1 aliphatic heterocycles. The van der Waals surface area contributed by atoms with Crippen molar-refractivity contribution in [1.29, 1.82) is 0 Å². The fourth-order valence-electron chi connectivity index (χ4n) is 2.34. The Hall–Kier alpha value is -0.260. The Morgan fingerprint density at radius 1 is 1.29 bits per heavy atom. The average Bonchev–Trinajstić information content (AvgIpc) is 2.27. The summed E-state index contributed by atoms with van der Waals surface area (Å²) in [4.78, 5) is 13.5. The zero-order chi connectivity index (χ0) is 12.7. The molecule has 1 amide bonds. The van der Waals surface area contributed by atoms with Gasteiger partial charge in [0, 0.05) is 30.0 Å². The number of rotatable bonds is 6. The second-order valence-corrected chi connectivity index (χ2v) is 6.78. The van der Waals surface area contributed by atoms with Crippen LogP contribution in [0.25, 0.3) is 0 Å². The maximum atomic E-state index is 10.9. The predicted molar refractivity (Wildman–Crippen MR) is 73.8 cm³/mol. The highest BCUT2D eigenvalue weighted by atomic mass is 32.2. The van der Waals surface area contributed by atoms with E-state index in [9.17, 15) is 4.79 Å². The van der Waals surface area contributed by atoms with E-state index in [2.05, 4.69) is 35.9 Å². The molecular formula is C12H25N3OS. The predicted octanol–water partition coefficient (Wildman–Crippen LogP) is 1.36. The number of carbonyl (C=O) groups excluding carboxylic acids is 1. The highest BCUT2D eigenvalue weighted by molar-refractivity contribution is 8.00. The molecule has 0 aromatic heterocycles. The Labute approximate surface area is 109 Å². The van der Waals surface area contributed by atoms with Crippen LogP contribution in [0.3, 0.4) is 0 Å². The number of hydrogen-bond donors (Lipinski definition) is 2. The monoisotopic (exact) mass is 259 g/mol. The Kier molecular flexibility index (Phi) is 6.92. The highest BCUT2D eigenvalue weighted by Gasteiger charge is 2.21. The molecule has 1 saturated heterocycles. The number of unbranched alkanes of at least 4 members (excludes halogenated alkanes) is 2. The van der Waals surface area contributed by atoms with Crippen LogP contribution in [0.15, 0.2) is 0 Å². The van der Waals surface area contributed by atoms with Gasteiger partial charge >= 0.3 is 0 Å². The van der Waals surface area contributed by atoms with E-state index in [1.165, 1.54) is 26.1 Å². The average molecular weight is 259 g/mol. The van der Waals surface area contributed by atoms with Gasteiger partial charge in [-0.25, -0.2) is 5.84 Å². The lowest BCUT2D eigenvalue weighted by molar-refractivity contribution is -0.121. The van der Waals surface area contributed by atoms with Crippen LogP contribution in [0.2, 0.25) is 0 Å². The van der Waals surface area contributed by atoms with Crippen LogP contribution in [0.1, 0.15) is 39.5 Å². The summed E-state index contributed by atoms with van der Waals surface area (Å²) in [6, 6.07) is 0. The number of hydrazine groups is 1. The van der Waals surface area contributed by atoms with E-state index in [0.29, 0.717) is 6.42 Å². The van der Waals surface area contributed by atoms with Gasteiger partial charge in [0.2, 0.25) is 5.91 Å². The van der Waals surface area contributed by atoms with Crippen LogP contribution < -0.4 is 11.3 Å². The molecule has 1 aliphatic rings. The number of nitrogens with zero attached hydrogens (tertiary/aromatic N) is 1. The fraction of sp³-hybridized carbons (Fsp3) is 0.917. The molecule has 0 aromatic carbocycles. The first kappa shape index (κ1) is 14.8. The molecule has 3 N–H and O–H groups in total. The summed E-state index contributed by atoms with van der Waals surface area (Å²) in [6.07, 6.45) is 3.79. The van der Waals surface area contributed by atoms with Crippen molar-refractivity contribution in [2.24, 2.45) is 5.84 Å². The standard InChI is InChI=1S/C12H25N3OS/c1-10-8-15(9-11(2)17-10)7-5-3-4-6-12(16)14-13/h10-11H,3-9,13H2,1-2H3,(H,14,16). The molecule has 17 heavy (non-hydrogen) atoms. The SMILES string of the molecule is CC1CN(CCCCCC(=O)NN)CC(C)S1. The van der Waals surface area contributed by atoms with Gasteiger partial charge in [-0.05, 0) is 19.4 Å². The van der Waals surface area contributed by atoms with E-state index in [4.69, 9.17) is 5.84 Å². The van der Waals surface area contributed by atoms with E-state index < -0.39 is 0 Å². The van der Waals surface area contributed by atoms with Crippen molar-refractivity contribution >= 4 is 17.7 Å². The molecule has 5 heteroatoms. The number of nitrogens with one attached hydrogen (secondary N) is 1. The van der Waals surface area contributed by atoms with Crippen molar-refractivity contribution < 1.29 is 4.79 Å². The first-order valence-electron chi connectivity index (χ1n) is 6.49. The van der Waals surface area contributed by atoms with E-state index >= 15 is 0 Å². The van der Waals surface area contributed by atoms with Gasteiger partial charge < -0.3 is 4.90 Å². The van der Waals surface area contributed by atoms with Gasteiger partial charge in [0.1, 0.15) is 0 Å². The molecule has 1 heterocycles. The van der Waals surface area contributed by atoms with Crippen molar-refractivity contribution in [3.05, 3.63) is 0 Å². The molecule has 0 saturated carbocycles. The molecule has 0 bridgehead atoms. The number of amides is 1. The third-order valence-electron chi connectivity index (χ3n) is 3.03. The molecule has 2 unspecified atom stereocenters. The molecular weight excluding hydrogens is 234 g/mol. The second-order valence-electron chi connectivity index (χ2n) is 4.90. The van der Waals surface area contributed by atoms with Crippen LogP contribution in [0.4, 0.5) is 0 Å². The van der Waals surface area contributed by atoms with Crippen LogP contribution in [-0.2, 0) is 4.79 Å². The van der Waals surface area contributed by atoms with Crippen LogP contribution in [-0.4, -0.2) is 40.9 Å².